The Hall–Kier alpha value is -2.67. The first kappa shape index (κ1) is 22.0. The number of amides is 2. The summed E-state index contributed by atoms with van der Waals surface area (Å²) in [6, 6.07) is 14.7. The Morgan fingerprint density at radius 1 is 1.10 bits per heavy atom. The number of halogens is 1. The van der Waals surface area contributed by atoms with Crippen LogP contribution in [0.3, 0.4) is 0 Å². The Kier molecular flexibility index (Phi) is 7.63. The van der Waals surface area contributed by atoms with Crippen LogP contribution < -0.4 is 10.1 Å². The van der Waals surface area contributed by atoms with E-state index in [1.165, 1.54) is 6.92 Å². The zero-order valence-corrected chi connectivity index (χ0v) is 18.5. The average Bonchev–Trinajstić information content (AvgIpc) is 2.73. The highest BCUT2D eigenvalue weighted by molar-refractivity contribution is 9.10. The predicted molar refractivity (Wildman–Crippen MR) is 117 cm³/mol. The third-order valence-electron chi connectivity index (χ3n) is 5.04. The molecule has 2 aromatic carbocycles. The molecule has 1 fully saturated rings. The van der Waals surface area contributed by atoms with Crippen molar-refractivity contribution < 1.29 is 19.1 Å². The van der Waals surface area contributed by atoms with Gasteiger partial charge in [0, 0.05) is 42.5 Å². The maximum Gasteiger partial charge on any atom is 0.308 e. The van der Waals surface area contributed by atoms with Gasteiger partial charge in [0.05, 0.1) is 0 Å². The number of esters is 1. The molecular formula is C23H25BrN2O4. The number of piperidine rings is 1. The maximum atomic E-state index is 12.7. The number of nitrogens with one attached hydrogen (secondary N) is 1. The summed E-state index contributed by atoms with van der Waals surface area (Å²) in [7, 11) is 0. The molecule has 0 aromatic heterocycles. The van der Waals surface area contributed by atoms with E-state index in [0.29, 0.717) is 37.2 Å². The van der Waals surface area contributed by atoms with Crippen LogP contribution in [0.2, 0.25) is 0 Å². The van der Waals surface area contributed by atoms with E-state index in [0.717, 1.165) is 22.9 Å². The Labute approximate surface area is 184 Å². The second kappa shape index (κ2) is 10.4. The van der Waals surface area contributed by atoms with Crippen molar-refractivity contribution in [3.8, 4) is 5.75 Å². The van der Waals surface area contributed by atoms with Crippen LogP contribution in [0.15, 0.2) is 53.0 Å². The van der Waals surface area contributed by atoms with Crippen molar-refractivity contribution in [2.45, 2.75) is 38.6 Å². The molecule has 158 valence electrons. The summed E-state index contributed by atoms with van der Waals surface area (Å²) in [4.78, 5) is 37.9. The van der Waals surface area contributed by atoms with Crippen LogP contribution in [0.25, 0.3) is 0 Å². The molecule has 1 saturated heterocycles. The van der Waals surface area contributed by atoms with E-state index in [1.54, 1.807) is 29.2 Å². The number of carbonyl (C=O) groups excluding carboxylic acids is 3. The Balaban J connectivity index is 1.45. The summed E-state index contributed by atoms with van der Waals surface area (Å²) in [5.41, 5.74) is 1.62. The number of benzene rings is 2. The fourth-order valence-electron chi connectivity index (χ4n) is 3.48. The molecule has 1 aliphatic heterocycles. The van der Waals surface area contributed by atoms with Crippen molar-refractivity contribution in [2.24, 2.45) is 0 Å². The van der Waals surface area contributed by atoms with Crippen molar-refractivity contribution in [3.63, 3.8) is 0 Å². The highest BCUT2D eigenvalue weighted by Crippen LogP contribution is 2.18. The first-order valence-electron chi connectivity index (χ1n) is 10.0. The van der Waals surface area contributed by atoms with E-state index in [2.05, 4.69) is 21.2 Å². The van der Waals surface area contributed by atoms with E-state index < -0.39 is 5.97 Å². The van der Waals surface area contributed by atoms with E-state index in [-0.39, 0.29) is 17.9 Å². The monoisotopic (exact) mass is 472 g/mol. The molecule has 0 atom stereocenters. The Morgan fingerprint density at radius 2 is 1.80 bits per heavy atom. The number of carbonyl (C=O) groups is 3. The standard InChI is InChI=1S/C23H25BrN2O4/c1-16(27)30-21-4-2-3-18(15-21)23(29)26-13-11-20(12-14-26)25-22(28)10-7-17-5-8-19(24)9-6-17/h2-6,8-9,15,20H,7,10-14H2,1H3,(H,25,28). The molecule has 3 rings (SSSR count). The number of hydrogen-bond donors (Lipinski definition) is 1. The minimum absolute atomic E-state index is 0.0387. The van der Waals surface area contributed by atoms with Crippen molar-refractivity contribution >= 4 is 33.7 Å². The smallest absolute Gasteiger partial charge is 0.308 e. The van der Waals surface area contributed by atoms with Crippen LogP contribution in [-0.4, -0.2) is 41.8 Å². The molecular weight excluding hydrogens is 448 g/mol. The number of ether oxygens (including phenoxy) is 1. The van der Waals surface area contributed by atoms with Crippen LogP contribution in [0.1, 0.15) is 42.1 Å². The SMILES string of the molecule is CC(=O)Oc1cccc(C(=O)N2CCC(NC(=O)CCc3ccc(Br)cc3)CC2)c1. The van der Waals surface area contributed by atoms with Gasteiger partial charge in [-0.1, -0.05) is 34.1 Å². The minimum atomic E-state index is -0.420. The number of hydrogen-bond acceptors (Lipinski definition) is 4. The van der Waals surface area contributed by atoms with Crippen molar-refractivity contribution in [3.05, 3.63) is 64.1 Å². The quantitative estimate of drug-likeness (QED) is 0.513. The van der Waals surface area contributed by atoms with Gasteiger partial charge in [-0.2, -0.15) is 0 Å². The van der Waals surface area contributed by atoms with Gasteiger partial charge in [0.1, 0.15) is 5.75 Å². The van der Waals surface area contributed by atoms with Gasteiger partial charge < -0.3 is 15.0 Å². The summed E-state index contributed by atoms with van der Waals surface area (Å²) in [5.74, 6) is -0.113. The number of nitrogens with zero attached hydrogens (tertiary/aromatic N) is 1. The molecule has 1 N–H and O–H groups in total. The summed E-state index contributed by atoms with van der Waals surface area (Å²) >= 11 is 3.41. The molecule has 2 amide bonds. The molecule has 7 heteroatoms. The number of likely N-dealkylation sites (tertiary alicyclic amines) is 1. The van der Waals surface area contributed by atoms with Gasteiger partial charge >= 0.3 is 5.97 Å². The fraction of sp³-hybridized carbons (Fsp3) is 0.348. The molecule has 30 heavy (non-hydrogen) atoms. The minimum Gasteiger partial charge on any atom is -0.427 e. The fourth-order valence-corrected chi connectivity index (χ4v) is 3.74. The van der Waals surface area contributed by atoms with Crippen LogP contribution in [0, 0.1) is 0 Å². The van der Waals surface area contributed by atoms with Gasteiger partial charge in [-0.3, -0.25) is 14.4 Å². The van der Waals surface area contributed by atoms with Gasteiger partial charge in [-0.05, 0) is 55.2 Å². The van der Waals surface area contributed by atoms with Crippen LogP contribution >= 0.6 is 15.9 Å². The van der Waals surface area contributed by atoms with Crippen LogP contribution in [0.4, 0.5) is 0 Å². The zero-order valence-electron chi connectivity index (χ0n) is 16.9. The largest absolute Gasteiger partial charge is 0.427 e. The van der Waals surface area contributed by atoms with Gasteiger partial charge in [0.15, 0.2) is 0 Å². The second-order valence-electron chi connectivity index (χ2n) is 7.38. The van der Waals surface area contributed by atoms with Crippen LogP contribution in [0.5, 0.6) is 5.75 Å². The lowest BCUT2D eigenvalue weighted by Crippen LogP contribution is -2.46. The Bertz CT molecular complexity index is 906. The van der Waals surface area contributed by atoms with E-state index in [4.69, 9.17) is 4.74 Å². The lowest BCUT2D eigenvalue weighted by atomic mass is 10.0. The molecule has 0 radical (unpaired) electrons. The first-order chi connectivity index (χ1) is 14.4. The highest BCUT2D eigenvalue weighted by Gasteiger charge is 2.24. The first-order valence-corrected chi connectivity index (χ1v) is 10.8. The van der Waals surface area contributed by atoms with Gasteiger partial charge in [0.25, 0.3) is 5.91 Å². The predicted octanol–water partition coefficient (Wildman–Crippen LogP) is 3.73. The molecule has 1 heterocycles. The molecule has 0 aliphatic carbocycles. The van der Waals surface area contributed by atoms with E-state index >= 15 is 0 Å². The molecule has 0 saturated carbocycles. The van der Waals surface area contributed by atoms with Gasteiger partial charge in [0.2, 0.25) is 5.91 Å². The molecule has 1 aliphatic rings. The lowest BCUT2D eigenvalue weighted by molar-refractivity contribution is -0.131. The molecule has 0 spiro atoms. The van der Waals surface area contributed by atoms with Gasteiger partial charge in [-0.15, -0.1) is 0 Å². The summed E-state index contributed by atoms with van der Waals surface area (Å²) in [6.07, 6.45) is 2.59. The van der Waals surface area contributed by atoms with Crippen molar-refractivity contribution in [1.82, 2.24) is 10.2 Å². The van der Waals surface area contributed by atoms with Crippen LogP contribution in [-0.2, 0) is 16.0 Å². The van der Waals surface area contributed by atoms with E-state index in [9.17, 15) is 14.4 Å². The maximum absolute atomic E-state index is 12.7. The summed E-state index contributed by atoms with van der Waals surface area (Å²) in [6.45, 7) is 2.48. The molecule has 2 aromatic rings. The third kappa shape index (κ3) is 6.42. The number of rotatable bonds is 6. The number of aryl methyl sites for hydroxylation is 1. The lowest BCUT2D eigenvalue weighted by Gasteiger charge is -2.32. The summed E-state index contributed by atoms with van der Waals surface area (Å²) in [5, 5.41) is 3.09. The highest BCUT2D eigenvalue weighted by atomic mass is 79.9. The van der Waals surface area contributed by atoms with Crippen molar-refractivity contribution in [2.75, 3.05) is 13.1 Å². The summed E-state index contributed by atoms with van der Waals surface area (Å²) < 4.78 is 6.08. The second-order valence-corrected chi connectivity index (χ2v) is 8.30. The van der Waals surface area contributed by atoms with Gasteiger partial charge in [-0.25, -0.2) is 0 Å². The molecule has 0 unspecified atom stereocenters. The van der Waals surface area contributed by atoms with Crippen molar-refractivity contribution in [1.29, 1.82) is 0 Å². The Morgan fingerprint density at radius 3 is 2.47 bits per heavy atom. The normalized spacial score (nSPS) is 14.3. The average molecular weight is 473 g/mol. The third-order valence-corrected chi connectivity index (χ3v) is 5.57. The zero-order chi connectivity index (χ0) is 21.5. The van der Waals surface area contributed by atoms with E-state index in [1.807, 2.05) is 24.3 Å². The molecule has 0 bridgehead atoms. The topological polar surface area (TPSA) is 75.7 Å². The molecule has 6 nitrogen and oxygen atoms in total.